The summed E-state index contributed by atoms with van der Waals surface area (Å²) in [5.41, 5.74) is 2.59. The van der Waals surface area contributed by atoms with Crippen LogP contribution in [0.5, 0.6) is 0 Å². The number of carbonyl (C=O) groups excluding carboxylic acids is 1. The zero-order valence-electron chi connectivity index (χ0n) is 13.5. The van der Waals surface area contributed by atoms with E-state index in [1.165, 1.54) is 11.1 Å². The second kappa shape index (κ2) is 7.05. The van der Waals surface area contributed by atoms with E-state index in [2.05, 4.69) is 50.2 Å². The van der Waals surface area contributed by atoms with Gasteiger partial charge in [0.25, 0.3) is 0 Å². The normalized spacial score (nSPS) is 22.0. The van der Waals surface area contributed by atoms with E-state index in [0.29, 0.717) is 25.0 Å². The molecule has 1 heterocycles. The van der Waals surface area contributed by atoms with Crippen LogP contribution < -0.4 is 0 Å². The SMILES string of the molecule is COCCC(=O)N1CC(c2ccc(C)cc2)C(N(C)C)C1. The number of methoxy groups -OCH3 is 1. The monoisotopic (exact) mass is 290 g/mol. The largest absolute Gasteiger partial charge is 0.384 e. The fourth-order valence-electron chi connectivity index (χ4n) is 3.00. The predicted molar refractivity (Wildman–Crippen MR) is 84.5 cm³/mol. The number of rotatable bonds is 5. The summed E-state index contributed by atoms with van der Waals surface area (Å²) in [5.74, 6) is 0.574. The van der Waals surface area contributed by atoms with Gasteiger partial charge in [0, 0.05) is 32.2 Å². The van der Waals surface area contributed by atoms with Crippen molar-refractivity contribution in [1.29, 1.82) is 0 Å². The zero-order chi connectivity index (χ0) is 15.4. The Balaban J connectivity index is 2.12. The summed E-state index contributed by atoms with van der Waals surface area (Å²) in [6.07, 6.45) is 0.470. The molecule has 2 rings (SSSR count). The Morgan fingerprint density at radius 3 is 2.52 bits per heavy atom. The van der Waals surface area contributed by atoms with E-state index in [0.717, 1.165) is 13.1 Å². The first kappa shape index (κ1) is 16.0. The summed E-state index contributed by atoms with van der Waals surface area (Å²) in [6, 6.07) is 9.06. The Labute approximate surface area is 127 Å². The quantitative estimate of drug-likeness (QED) is 0.830. The van der Waals surface area contributed by atoms with Crippen molar-refractivity contribution in [2.45, 2.75) is 25.3 Å². The van der Waals surface area contributed by atoms with Gasteiger partial charge < -0.3 is 14.5 Å². The van der Waals surface area contributed by atoms with Crippen LogP contribution in [0.2, 0.25) is 0 Å². The van der Waals surface area contributed by atoms with E-state index >= 15 is 0 Å². The fourth-order valence-corrected chi connectivity index (χ4v) is 3.00. The molecular formula is C17H26N2O2. The van der Waals surface area contributed by atoms with E-state index < -0.39 is 0 Å². The molecule has 2 atom stereocenters. The van der Waals surface area contributed by atoms with Crippen molar-refractivity contribution >= 4 is 5.91 Å². The molecule has 0 radical (unpaired) electrons. The summed E-state index contributed by atoms with van der Waals surface area (Å²) < 4.78 is 5.01. The molecule has 0 aliphatic carbocycles. The van der Waals surface area contributed by atoms with Crippen LogP contribution in [0.25, 0.3) is 0 Å². The number of hydrogen-bond acceptors (Lipinski definition) is 3. The van der Waals surface area contributed by atoms with Crippen LogP contribution in [0.15, 0.2) is 24.3 Å². The molecule has 1 amide bonds. The van der Waals surface area contributed by atoms with Crippen LogP contribution in [0, 0.1) is 6.92 Å². The van der Waals surface area contributed by atoms with Gasteiger partial charge >= 0.3 is 0 Å². The van der Waals surface area contributed by atoms with Gasteiger partial charge in [-0.1, -0.05) is 29.8 Å². The molecule has 1 aromatic carbocycles. The maximum atomic E-state index is 12.2. The molecule has 4 heteroatoms. The van der Waals surface area contributed by atoms with Crippen LogP contribution in [0.3, 0.4) is 0 Å². The molecule has 0 saturated carbocycles. The molecule has 0 aromatic heterocycles. The molecule has 1 saturated heterocycles. The lowest BCUT2D eigenvalue weighted by molar-refractivity contribution is -0.131. The van der Waals surface area contributed by atoms with Crippen molar-refractivity contribution in [3.63, 3.8) is 0 Å². The zero-order valence-corrected chi connectivity index (χ0v) is 13.5. The molecule has 4 nitrogen and oxygen atoms in total. The maximum Gasteiger partial charge on any atom is 0.224 e. The van der Waals surface area contributed by atoms with Gasteiger partial charge in [-0.05, 0) is 26.6 Å². The Morgan fingerprint density at radius 1 is 1.29 bits per heavy atom. The Morgan fingerprint density at radius 2 is 1.95 bits per heavy atom. The van der Waals surface area contributed by atoms with Crippen LogP contribution in [-0.2, 0) is 9.53 Å². The van der Waals surface area contributed by atoms with Crippen molar-refractivity contribution < 1.29 is 9.53 Å². The second-order valence-electron chi connectivity index (χ2n) is 6.09. The Kier molecular flexibility index (Phi) is 5.37. The lowest BCUT2D eigenvalue weighted by atomic mass is 9.93. The Hall–Kier alpha value is -1.39. The number of benzene rings is 1. The molecular weight excluding hydrogens is 264 g/mol. The van der Waals surface area contributed by atoms with Gasteiger partial charge in [-0.2, -0.15) is 0 Å². The molecule has 21 heavy (non-hydrogen) atoms. The third-order valence-corrected chi connectivity index (χ3v) is 4.33. The topological polar surface area (TPSA) is 32.8 Å². The highest BCUT2D eigenvalue weighted by Gasteiger charge is 2.36. The summed E-state index contributed by atoms with van der Waals surface area (Å²) in [4.78, 5) is 16.4. The third kappa shape index (κ3) is 3.83. The van der Waals surface area contributed by atoms with Gasteiger partial charge in [0.2, 0.25) is 5.91 Å². The minimum absolute atomic E-state index is 0.193. The number of carbonyl (C=O) groups is 1. The van der Waals surface area contributed by atoms with Gasteiger partial charge in [-0.3, -0.25) is 4.79 Å². The lowest BCUT2D eigenvalue weighted by Gasteiger charge is -2.25. The lowest BCUT2D eigenvalue weighted by Crippen LogP contribution is -2.36. The first-order chi connectivity index (χ1) is 10.0. The van der Waals surface area contributed by atoms with E-state index in [9.17, 15) is 4.79 Å². The summed E-state index contributed by atoms with van der Waals surface area (Å²) in [7, 11) is 5.82. The van der Waals surface area contributed by atoms with Crippen molar-refractivity contribution in [2.24, 2.45) is 0 Å². The van der Waals surface area contributed by atoms with E-state index in [1.54, 1.807) is 7.11 Å². The maximum absolute atomic E-state index is 12.2. The van der Waals surface area contributed by atoms with Gasteiger partial charge in [0.15, 0.2) is 0 Å². The number of amides is 1. The standard InChI is InChI=1S/C17H26N2O2/c1-13-5-7-14(8-6-13)15-11-19(12-16(15)18(2)3)17(20)9-10-21-4/h5-8,15-16H,9-12H2,1-4H3. The van der Waals surface area contributed by atoms with E-state index in [-0.39, 0.29) is 5.91 Å². The molecule has 0 spiro atoms. The predicted octanol–water partition coefficient (Wildman–Crippen LogP) is 1.89. The first-order valence-electron chi connectivity index (χ1n) is 7.52. The number of likely N-dealkylation sites (N-methyl/N-ethyl adjacent to an activating group) is 1. The average Bonchev–Trinajstić information content (AvgIpc) is 2.91. The fraction of sp³-hybridized carbons (Fsp3) is 0.588. The van der Waals surface area contributed by atoms with Crippen LogP contribution >= 0.6 is 0 Å². The van der Waals surface area contributed by atoms with Gasteiger partial charge in [-0.25, -0.2) is 0 Å². The summed E-state index contributed by atoms with van der Waals surface area (Å²) >= 11 is 0. The highest BCUT2D eigenvalue weighted by Crippen LogP contribution is 2.30. The molecule has 0 N–H and O–H groups in total. The average molecular weight is 290 g/mol. The van der Waals surface area contributed by atoms with Crippen LogP contribution in [-0.4, -0.2) is 62.7 Å². The molecule has 1 fully saturated rings. The smallest absolute Gasteiger partial charge is 0.224 e. The first-order valence-corrected chi connectivity index (χ1v) is 7.52. The minimum Gasteiger partial charge on any atom is -0.384 e. The molecule has 116 valence electrons. The van der Waals surface area contributed by atoms with E-state index in [1.807, 2.05) is 4.90 Å². The van der Waals surface area contributed by atoms with Crippen molar-refractivity contribution in [2.75, 3.05) is 40.9 Å². The van der Waals surface area contributed by atoms with Crippen molar-refractivity contribution in [3.8, 4) is 0 Å². The number of aryl methyl sites for hydroxylation is 1. The number of hydrogen-bond donors (Lipinski definition) is 0. The molecule has 1 aliphatic rings. The molecule has 1 aliphatic heterocycles. The third-order valence-electron chi connectivity index (χ3n) is 4.33. The highest BCUT2D eigenvalue weighted by atomic mass is 16.5. The van der Waals surface area contributed by atoms with Crippen LogP contribution in [0.1, 0.15) is 23.5 Å². The molecule has 0 bridgehead atoms. The summed E-state index contributed by atoms with van der Waals surface area (Å²) in [6.45, 7) is 4.20. The Bertz CT molecular complexity index is 470. The van der Waals surface area contributed by atoms with Gasteiger partial charge in [-0.15, -0.1) is 0 Å². The van der Waals surface area contributed by atoms with Gasteiger partial charge in [0.1, 0.15) is 0 Å². The summed E-state index contributed by atoms with van der Waals surface area (Å²) in [5, 5.41) is 0. The van der Waals surface area contributed by atoms with Crippen molar-refractivity contribution in [3.05, 3.63) is 35.4 Å². The van der Waals surface area contributed by atoms with Crippen LogP contribution in [0.4, 0.5) is 0 Å². The van der Waals surface area contributed by atoms with E-state index in [4.69, 9.17) is 4.74 Å². The number of nitrogens with zero attached hydrogens (tertiary/aromatic N) is 2. The molecule has 1 aromatic rings. The van der Waals surface area contributed by atoms with Crippen molar-refractivity contribution in [1.82, 2.24) is 9.80 Å². The number of likely N-dealkylation sites (tertiary alicyclic amines) is 1. The highest BCUT2D eigenvalue weighted by molar-refractivity contribution is 5.76. The minimum atomic E-state index is 0.193. The van der Waals surface area contributed by atoms with Gasteiger partial charge in [0.05, 0.1) is 13.0 Å². The number of ether oxygens (including phenoxy) is 1. The molecule has 2 unspecified atom stereocenters. The second-order valence-corrected chi connectivity index (χ2v) is 6.09.